The van der Waals surface area contributed by atoms with Gasteiger partial charge in [0, 0.05) is 29.2 Å². The molecule has 0 fully saturated rings. The maximum Gasteiger partial charge on any atom is 0.0110 e. The standard InChI is InChI=1S/C34H56N3.Mn/c1-19(2)25-13-27(21(5)6)33(28(14-25)22(7)8)31(35)17-37-18-32(36)34-29(23(9)10)15-26(20(3)4)16-30(34)24(11)12;/h13-16,19-24,31-32H,17-18,35-36H2,1-12H3;/q-1;. The summed E-state index contributed by atoms with van der Waals surface area (Å²) in [4.78, 5) is 0. The molecule has 0 aliphatic carbocycles. The molecule has 215 valence electrons. The summed E-state index contributed by atoms with van der Waals surface area (Å²) in [5.41, 5.74) is 24.7. The number of hydrogen-bond donors (Lipinski definition) is 2. The largest absolute Gasteiger partial charge is 0.659 e. The molecule has 0 aliphatic heterocycles. The van der Waals surface area contributed by atoms with Crippen molar-refractivity contribution in [2.45, 2.75) is 131 Å². The van der Waals surface area contributed by atoms with Gasteiger partial charge in [0.2, 0.25) is 0 Å². The fraction of sp³-hybridized carbons (Fsp3) is 0.647. The normalized spacial score (nSPS) is 13.8. The first kappa shape index (κ1) is 34.9. The molecule has 2 aromatic rings. The van der Waals surface area contributed by atoms with Crippen molar-refractivity contribution >= 4 is 0 Å². The first-order chi connectivity index (χ1) is 17.2. The minimum Gasteiger partial charge on any atom is -0.659 e. The van der Waals surface area contributed by atoms with Gasteiger partial charge in [0.1, 0.15) is 0 Å². The molecular weight excluding hydrogens is 505 g/mol. The molecule has 0 saturated carbocycles. The minimum atomic E-state index is -0.124. The van der Waals surface area contributed by atoms with Crippen molar-refractivity contribution in [3.8, 4) is 0 Å². The minimum absolute atomic E-state index is 0. The van der Waals surface area contributed by atoms with Crippen LogP contribution < -0.4 is 11.5 Å². The Morgan fingerprint density at radius 1 is 0.474 bits per heavy atom. The van der Waals surface area contributed by atoms with Crippen molar-refractivity contribution in [3.05, 3.63) is 74.1 Å². The van der Waals surface area contributed by atoms with Crippen molar-refractivity contribution in [3.63, 3.8) is 0 Å². The summed E-state index contributed by atoms with van der Waals surface area (Å²) in [5.74, 6) is 2.66. The summed E-state index contributed by atoms with van der Waals surface area (Å²) in [6.07, 6.45) is 0. The van der Waals surface area contributed by atoms with E-state index in [2.05, 4.69) is 107 Å². The molecule has 0 heterocycles. The van der Waals surface area contributed by atoms with E-state index in [4.69, 9.17) is 16.8 Å². The molecule has 2 aromatic carbocycles. The van der Waals surface area contributed by atoms with E-state index in [0.717, 1.165) is 0 Å². The molecule has 4 heteroatoms. The Balaban J connectivity index is 0.00000722. The van der Waals surface area contributed by atoms with Gasteiger partial charge in [-0.25, -0.2) is 0 Å². The van der Waals surface area contributed by atoms with E-state index in [1.807, 2.05) is 0 Å². The Morgan fingerprint density at radius 2 is 0.711 bits per heavy atom. The molecule has 0 aliphatic rings. The second-order valence-electron chi connectivity index (χ2n) is 13.0. The predicted octanol–water partition coefficient (Wildman–Crippen LogP) is 9.50. The van der Waals surface area contributed by atoms with Gasteiger partial charge in [0.15, 0.2) is 0 Å². The van der Waals surface area contributed by atoms with E-state index >= 15 is 0 Å². The van der Waals surface area contributed by atoms with Crippen molar-refractivity contribution in [1.29, 1.82) is 0 Å². The Kier molecular flexibility index (Phi) is 13.8. The Morgan fingerprint density at radius 3 is 0.895 bits per heavy atom. The van der Waals surface area contributed by atoms with Crippen molar-refractivity contribution < 1.29 is 17.1 Å². The van der Waals surface area contributed by atoms with Gasteiger partial charge in [-0.15, -0.1) is 13.1 Å². The first-order valence-electron chi connectivity index (χ1n) is 14.7. The van der Waals surface area contributed by atoms with Crippen molar-refractivity contribution in [2.24, 2.45) is 11.5 Å². The Labute approximate surface area is 245 Å². The van der Waals surface area contributed by atoms with Crippen LogP contribution in [0.4, 0.5) is 0 Å². The molecule has 2 unspecified atom stereocenters. The van der Waals surface area contributed by atoms with Crippen LogP contribution in [-0.2, 0) is 17.1 Å². The third kappa shape index (κ3) is 8.42. The van der Waals surface area contributed by atoms with Crippen LogP contribution in [0.5, 0.6) is 0 Å². The van der Waals surface area contributed by atoms with E-state index in [-0.39, 0.29) is 29.2 Å². The number of benzene rings is 2. The maximum atomic E-state index is 6.90. The monoisotopic (exact) mass is 561 g/mol. The van der Waals surface area contributed by atoms with Crippen LogP contribution in [0, 0.1) is 0 Å². The zero-order valence-electron chi connectivity index (χ0n) is 26.3. The molecular formula is C34H56MnN3-. The summed E-state index contributed by atoms with van der Waals surface area (Å²) in [5, 5.41) is 4.99. The predicted molar refractivity (Wildman–Crippen MR) is 164 cm³/mol. The van der Waals surface area contributed by atoms with Gasteiger partial charge in [-0.3, -0.25) is 0 Å². The summed E-state index contributed by atoms with van der Waals surface area (Å²) < 4.78 is 0. The van der Waals surface area contributed by atoms with E-state index < -0.39 is 0 Å². The number of rotatable bonds is 12. The number of nitrogens with zero attached hydrogens (tertiary/aromatic N) is 1. The van der Waals surface area contributed by atoms with Gasteiger partial charge in [-0.2, -0.15) is 0 Å². The third-order valence-electron chi connectivity index (χ3n) is 7.75. The average molecular weight is 562 g/mol. The Bertz CT molecular complexity index is 881. The molecule has 3 nitrogen and oxygen atoms in total. The van der Waals surface area contributed by atoms with Gasteiger partial charge in [0.05, 0.1) is 0 Å². The van der Waals surface area contributed by atoms with Gasteiger partial charge in [-0.1, -0.05) is 107 Å². The third-order valence-corrected chi connectivity index (χ3v) is 7.75. The van der Waals surface area contributed by atoms with Crippen LogP contribution in [0.15, 0.2) is 24.3 Å². The van der Waals surface area contributed by atoms with Gasteiger partial charge in [-0.05, 0) is 80.0 Å². The van der Waals surface area contributed by atoms with Crippen molar-refractivity contribution in [1.82, 2.24) is 0 Å². The first-order valence-corrected chi connectivity index (χ1v) is 14.7. The smallest absolute Gasteiger partial charge is 0.0110 e. The Hall–Kier alpha value is -1.16. The van der Waals surface area contributed by atoms with Crippen LogP contribution >= 0.6 is 0 Å². The molecule has 4 N–H and O–H groups in total. The quantitative estimate of drug-likeness (QED) is 0.253. The molecule has 0 bridgehead atoms. The zero-order chi connectivity index (χ0) is 28.2. The fourth-order valence-electron chi connectivity index (χ4n) is 5.41. The summed E-state index contributed by atoms with van der Waals surface area (Å²) in [6.45, 7) is 28.4. The summed E-state index contributed by atoms with van der Waals surface area (Å²) >= 11 is 0. The number of hydrogen-bond acceptors (Lipinski definition) is 2. The molecule has 2 atom stereocenters. The molecule has 0 spiro atoms. The fourth-order valence-corrected chi connectivity index (χ4v) is 5.41. The topological polar surface area (TPSA) is 66.1 Å². The van der Waals surface area contributed by atoms with Crippen LogP contribution in [0.25, 0.3) is 5.32 Å². The average Bonchev–Trinajstić information content (AvgIpc) is 2.81. The van der Waals surface area contributed by atoms with Crippen LogP contribution in [0.1, 0.15) is 175 Å². The molecule has 1 radical (unpaired) electrons. The van der Waals surface area contributed by atoms with Crippen LogP contribution in [0.3, 0.4) is 0 Å². The molecule has 2 rings (SSSR count). The molecule has 38 heavy (non-hydrogen) atoms. The molecule has 0 amide bonds. The second kappa shape index (κ2) is 15.0. The summed E-state index contributed by atoms with van der Waals surface area (Å²) in [6, 6.07) is 9.26. The maximum absolute atomic E-state index is 6.90. The molecule has 0 saturated heterocycles. The van der Waals surface area contributed by atoms with Gasteiger partial charge >= 0.3 is 0 Å². The number of nitrogens with two attached hydrogens (primary N) is 2. The zero-order valence-corrected chi connectivity index (χ0v) is 27.5. The van der Waals surface area contributed by atoms with Crippen LogP contribution in [-0.4, -0.2) is 13.1 Å². The van der Waals surface area contributed by atoms with Crippen LogP contribution in [0.2, 0.25) is 0 Å². The van der Waals surface area contributed by atoms with E-state index in [9.17, 15) is 0 Å². The van der Waals surface area contributed by atoms with E-state index in [0.29, 0.717) is 48.6 Å². The van der Waals surface area contributed by atoms with Crippen molar-refractivity contribution in [2.75, 3.05) is 13.1 Å². The van der Waals surface area contributed by atoms with E-state index in [1.54, 1.807) is 0 Å². The van der Waals surface area contributed by atoms with E-state index in [1.165, 1.54) is 44.5 Å². The second-order valence-corrected chi connectivity index (χ2v) is 13.0. The summed E-state index contributed by atoms with van der Waals surface area (Å²) in [7, 11) is 0. The van der Waals surface area contributed by atoms with Gasteiger partial charge in [0.25, 0.3) is 0 Å². The molecule has 0 aromatic heterocycles. The van der Waals surface area contributed by atoms with Gasteiger partial charge < -0.3 is 16.8 Å². The SMILES string of the molecule is CC(C)c1cc(C(C)C)c(C(N)C[N-]CC(N)c2c(C(C)C)cc(C(C)C)cc2C(C)C)c(C(C)C)c1.[Mn].